The highest BCUT2D eigenvalue weighted by molar-refractivity contribution is 5.83. The topological polar surface area (TPSA) is 106 Å². The van der Waals surface area contributed by atoms with E-state index in [1.54, 1.807) is 25.1 Å². The molecule has 1 aromatic heterocycles. The largest absolute Gasteiger partial charge is 0.481 e. The molecule has 0 radical (unpaired) electrons. The third kappa shape index (κ3) is 4.34. The maximum absolute atomic E-state index is 11.8. The molecular weight excluding hydrogens is 314 g/mol. The van der Waals surface area contributed by atoms with Gasteiger partial charge in [0.1, 0.15) is 11.3 Å². The number of carboxylic acid groups (broad SMARTS) is 1. The Kier molecular flexibility index (Phi) is 5.57. The zero-order valence-corrected chi connectivity index (χ0v) is 13.5. The molecule has 1 heterocycles. The third-order valence-corrected chi connectivity index (χ3v) is 3.50. The number of benzene rings is 1. The molecule has 128 valence electrons. The summed E-state index contributed by atoms with van der Waals surface area (Å²) in [6.45, 7) is 3.54. The molecule has 1 amide bonds. The van der Waals surface area contributed by atoms with E-state index in [0.717, 1.165) is 10.9 Å². The predicted octanol–water partition coefficient (Wildman–Crippen LogP) is 1.71. The quantitative estimate of drug-likeness (QED) is 0.747. The van der Waals surface area contributed by atoms with Gasteiger partial charge in [-0.1, -0.05) is 6.92 Å². The number of amides is 1. The third-order valence-electron chi connectivity index (χ3n) is 3.50. The Balaban J connectivity index is 2.11. The standard InChI is InChI=1S/C17H19NO6/c1-3-11-8-16(21)24-14-9-12(4-5-13(11)14)23-10(2)17(22)18-7-6-15(19)20/h4-5,8-10H,3,6-7H2,1-2H3,(H,18,22)(H,19,20). The van der Waals surface area contributed by atoms with Gasteiger partial charge in [-0.05, 0) is 31.0 Å². The lowest BCUT2D eigenvalue weighted by Crippen LogP contribution is -2.37. The van der Waals surface area contributed by atoms with Gasteiger partial charge in [0.15, 0.2) is 6.10 Å². The lowest BCUT2D eigenvalue weighted by Gasteiger charge is -2.15. The Bertz CT molecular complexity index is 810. The number of hydrogen-bond acceptors (Lipinski definition) is 5. The van der Waals surface area contributed by atoms with Crippen molar-refractivity contribution >= 4 is 22.8 Å². The number of carbonyl (C=O) groups excluding carboxylic acids is 1. The Hall–Kier alpha value is -2.83. The Morgan fingerprint density at radius 1 is 1.33 bits per heavy atom. The highest BCUT2D eigenvalue weighted by atomic mass is 16.5. The highest BCUT2D eigenvalue weighted by Crippen LogP contribution is 2.23. The van der Waals surface area contributed by atoms with Crippen LogP contribution < -0.4 is 15.7 Å². The Morgan fingerprint density at radius 3 is 2.75 bits per heavy atom. The number of nitrogens with one attached hydrogen (secondary N) is 1. The first-order valence-corrected chi connectivity index (χ1v) is 7.63. The van der Waals surface area contributed by atoms with Crippen molar-refractivity contribution in [1.29, 1.82) is 0 Å². The zero-order valence-electron chi connectivity index (χ0n) is 13.5. The van der Waals surface area contributed by atoms with Gasteiger partial charge in [0.2, 0.25) is 0 Å². The van der Waals surface area contributed by atoms with E-state index in [2.05, 4.69) is 5.32 Å². The molecule has 2 aromatic rings. The van der Waals surface area contributed by atoms with Crippen LogP contribution in [0, 0.1) is 0 Å². The normalized spacial score (nSPS) is 11.9. The van der Waals surface area contributed by atoms with Gasteiger partial charge in [-0.15, -0.1) is 0 Å². The second-order valence-corrected chi connectivity index (χ2v) is 5.30. The summed E-state index contributed by atoms with van der Waals surface area (Å²) in [5.74, 6) is -1.01. The van der Waals surface area contributed by atoms with E-state index in [-0.39, 0.29) is 13.0 Å². The number of aryl methyl sites for hydroxylation is 1. The smallest absolute Gasteiger partial charge is 0.336 e. The molecule has 0 aliphatic heterocycles. The molecule has 2 N–H and O–H groups in total. The zero-order chi connectivity index (χ0) is 17.7. The molecule has 7 heteroatoms. The second-order valence-electron chi connectivity index (χ2n) is 5.30. The molecule has 0 bridgehead atoms. The summed E-state index contributed by atoms with van der Waals surface area (Å²) in [7, 11) is 0. The summed E-state index contributed by atoms with van der Waals surface area (Å²) in [6.07, 6.45) is -0.262. The molecule has 0 spiro atoms. The van der Waals surface area contributed by atoms with E-state index in [9.17, 15) is 14.4 Å². The minimum absolute atomic E-state index is 0.0360. The summed E-state index contributed by atoms with van der Waals surface area (Å²) in [4.78, 5) is 33.8. The lowest BCUT2D eigenvalue weighted by atomic mass is 10.1. The van der Waals surface area contributed by atoms with E-state index >= 15 is 0 Å². The van der Waals surface area contributed by atoms with E-state index in [4.69, 9.17) is 14.3 Å². The van der Waals surface area contributed by atoms with Gasteiger partial charge in [0, 0.05) is 24.1 Å². The summed E-state index contributed by atoms with van der Waals surface area (Å²) in [6, 6.07) is 6.50. The van der Waals surface area contributed by atoms with Crippen LogP contribution in [0.1, 0.15) is 25.8 Å². The SMILES string of the molecule is CCc1cc(=O)oc2cc(OC(C)C(=O)NCCC(=O)O)ccc12. The maximum atomic E-state index is 11.8. The first kappa shape index (κ1) is 17.5. The molecule has 1 atom stereocenters. The minimum atomic E-state index is -0.986. The number of aliphatic carboxylic acids is 1. The molecule has 7 nitrogen and oxygen atoms in total. The van der Waals surface area contributed by atoms with Gasteiger partial charge >= 0.3 is 11.6 Å². The molecule has 0 aliphatic carbocycles. The summed E-state index contributed by atoms with van der Waals surface area (Å²) >= 11 is 0. The number of fused-ring (bicyclic) bond motifs is 1. The van der Waals surface area contributed by atoms with Crippen molar-refractivity contribution in [2.24, 2.45) is 0 Å². The van der Waals surface area contributed by atoms with Crippen molar-refractivity contribution in [1.82, 2.24) is 5.32 Å². The number of ether oxygens (including phenoxy) is 1. The fourth-order valence-corrected chi connectivity index (χ4v) is 2.27. The van der Waals surface area contributed by atoms with Crippen molar-refractivity contribution in [3.8, 4) is 5.75 Å². The molecule has 0 saturated carbocycles. The highest BCUT2D eigenvalue weighted by Gasteiger charge is 2.15. The van der Waals surface area contributed by atoms with Crippen molar-refractivity contribution in [2.75, 3.05) is 6.54 Å². The van der Waals surface area contributed by atoms with Gasteiger partial charge in [-0.25, -0.2) is 4.79 Å². The number of carbonyl (C=O) groups is 2. The van der Waals surface area contributed by atoms with Crippen LogP contribution in [-0.2, 0) is 16.0 Å². The van der Waals surface area contributed by atoms with Gasteiger partial charge in [0.05, 0.1) is 6.42 Å². The molecule has 1 aromatic carbocycles. The molecule has 0 aliphatic rings. The minimum Gasteiger partial charge on any atom is -0.481 e. The number of rotatable bonds is 7. The summed E-state index contributed by atoms with van der Waals surface area (Å²) in [5, 5.41) is 11.8. The predicted molar refractivity (Wildman–Crippen MR) is 87.2 cm³/mol. The van der Waals surface area contributed by atoms with Gasteiger partial charge < -0.3 is 19.6 Å². The van der Waals surface area contributed by atoms with Gasteiger partial charge in [-0.2, -0.15) is 0 Å². The Labute approximate surface area is 138 Å². The van der Waals surface area contributed by atoms with Gasteiger partial charge in [-0.3, -0.25) is 9.59 Å². The summed E-state index contributed by atoms with van der Waals surface area (Å²) < 4.78 is 10.7. The monoisotopic (exact) mass is 333 g/mol. The van der Waals surface area contributed by atoms with Crippen molar-refractivity contribution in [3.63, 3.8) is 0 Å². The first-order valence-electron chi connectivity index (χ1n) is 7.63. The summed E-state index contributed by atoms with van der Waals surface area (Å²) in [5.41, 5.74) is 0.846. The van der Waals surface area contributed by atoms with Crippen molar-refractivity contribution in [2.45, 2.75) is 32.8 Å². The van der Waals surface area contributed by atoms with E-state index in [0.29, 0.717) is 17.8 Å². The molecule has 0 saturated heterocycles. The van der Waals surface area contributed by atoms with Crippen LogP contribution in [0.2, 0.25) is 0 Å². The van der Waals surface area contributed by atoms with Crippen molar-refractivity contribution in [3.05, 3.63) is 40.2 Å². The van der Waals surface area contributed by atoms with Crippen LogP contribution >= 0.6 is 0 Å². The fourth-order valence-electron chi connectivity index (χ4n) is 2.27. The molecule has 24 heavy (non-hydrogen) atoms. The van der Waals surface area contributed by atoms with Crippen molar-refractivity contribution < 1.29 is 23.8 Å². The van der Waals surface area contributed by atoms with Crippen LogP contribution in [0.15, 0.2) is 33.5 Å². The van der Waals surface area contributed by atoms with E-state index in [1.807, 2.05) is 6.92 Å². The second kappa shape index (κ2) is 7.63. The number of carboxylic acids is 1. The number of hydrogen-bond donors (Lipinski definition) is 2. The molecular formula is C17H19NO6. The van der Waals surface area contributed by atoms with Crippen LogP contribution in [0.25, 0.3) is 11.0 Å². The average Bonchev–Trinajstić information content (AvgIpc) is 2.53. The van der Waals surface area contributed by atoms with Crippen LogP contribution in [0.5, 0.6) is 5.75 Å². The van der Waals surface area contributed by atoms with Crippen LogP contribution in [0.4, 0.5) is 0 Å². The molecule has 1 unspecified atom stereocenters. The molecule has 0 fully saturated rings. The maximum Gasteiger partial charge on any atom is 0.336 e. The first-order chi connectivity index (χ1) is 11.4. The average molecular weight is 333 g/mol. The van der Waals surface area contributed by atoms with Crippen LogP contribution in [0.3, 0.4) is 0 Å². The van der Waals surface area contributed by atoms with E-state index < -0.39 is 23.6 Å². The molecule has 2 rings (SSSR count). The Morgan fingerprint density at radius 2 is 2.08 bits per heavy atom. The van der Waals surface area contributed by atoms with Gasteiger partial charge in [0.25, 0.3) is 5.91 Å². The lowest BCUT2D eigenvalue weighted by molar-refractivity contribution is -0.137. The van der Waals surface area contributed by atoms with Crippen LogP contribution in [-0.4, -0.2) is 29.6 Å². The fraction of sp³-hybridized carbons (Fsp3) is 0.353. The van der Waals surface area contributed by atoms with E-state index in [1.165, 1.54) is 6.07 Å².